The van der Waals surface area contributed by atoms with Crippen molar-refractivity contribution in [1.82, 2.24) is 5.32 Å². The number of halogens is 1. The van der Waals surface area contributed by atoms with Crippen LogP contribution in [-0.2, 0) is 11.3 Å². The number of carbonyl (C=O) groups excluding carboxylic acids is 2. The van der Waals surface area contributed by atoms with Gasteiger partial charge in [0.1, 0.15) is 12.4 Å². The molecule has 0 fully saturated rings. The molecule has 2 aromatic rings. The Morgan fingerprint density at radius 1 is 1.18 bits per heavy atom. The van der Waals surface area contributed by atoms with Gasteiger partial charge in [-0.15, -0.1) is 0 Å². The average molecular weight is 385 g/mol. The smallest absolute Gasteiger partial charge is 0.319 e. The first kappa shape index (κ1) is 19.7. The average Bonchev–Trinajstić information content (AvgIpc) is 2.63. The largest absolute Gasteiger partial charge is 0.476 e. The van der Waals surface area contributed by atoms with E-state index in [0.29, 0.717) is 23.7 Å². The summed E-state index contributed by atoms with van der Waals surface area (Å²) in [5.74, 6) is -0.0724. The van der Waals surface area contributed by atoms with Gasteiger partial charge < -0.3 is 20.3 Å². The van der Waals surface area contributed by atoms with Gasteiger partial charge in [0.2, 0.25) is 6.10 Å². The number of alkyl halides is 1. The molecule has 6 nitrogen and oxygen atoms in total. The van der Waals surface area contributed by atoms with E-state index in [2.05, 4.69) is 10.6 Å². The van der Waals surface area contributed by atoms with Gasteiger partial charge in [-0.25, -0.2) is 9.18 Å². The summed E-state index contributed by atoms with van der Waals surface area (Å²) in [6.45, 7) is 5.01. The van der Waals surface area contributed by atoms with E-state index in [0.717, 1.165) is 5.56 Å². The topological polar surface area (TPSA) is 70.7 Å². The first-order chi connectivity index (χ1) is 13.3. The number of fused-ring (bicyclic) bond motifs is 1. The summed E-state index contributed by atoms with van der Waals surface area (Å²) in [5.41, 5.74) is 1.58. The Kier molecular flexibility index (Phi) is 5.53. The van der Waals surface area contributed by atoms with Crippen LogP contribution in [0.5, 0.6) is 5.75 Å². The fraction of sp³-hybridized carbons (Fsp3) is 0.333. The minimum atomic E-state index is -1.20. The molecule has 0 aromatic heterocycles. The van der Waals surface area contributed by atoms with Gasteiger partial charge in [-0.1, -0.05) is 30.3 Å². The van der Waals surface area contributed by atoms with Crippen LogP contribution in [-0.4, -0.2) is 30.3 Å². The molecule has 1 aliphatic heterocycles. The Hall–Kier alpha value is -3.09. The first-order valence-electron chi connectivity index (χ1n) is 9.08. The lowest BCUT2D eigenvalue weighted by molar-refractivity contribution is -0.127. The normalized spacial score (nSPS) is 16.2. The van der Waals surface area contributed by atoms with E-state index in [1.54, 1.807) is 18.2 Å². The molecule has 7 heteroatoms. The number of rotatable bonds is 4. The lowest BCUT2D eigenvalue weighted by atomic mass is 10.1. The predicted octanol–water partition coefficient (Wildman–Crippen LogP) is 3.87. The van der Waals surface area contributed by atoms with Crippen LogP contribution in [0, 0.1) is 0 Å². The Morgan fingerprint density at radius 2 is 1.89 bits per heavy atom. The maximum absolute atomic E-state index is 13.4. The molecule has 3 amide bonds. The zero-order valence-corrected chi connectivity index (χ0v) is 16.2. The fourth-order valence-electron chi connectivity index (χ4n) is 2.93. The lowest BCUT2D eigenvalue weighted by Crippen LogP contribution is -2.46. The zero-order valence-electron chi connectivity index (χ0n) is 16.2. The SMILES string of the molecule is CC(C)(C)NC(=O)Nc1ccc2c(c1)OC(CF)C(=O)N2Cc1ccccc1. The van der Waals surface area contributed by atoms with Crippen molar-refractivity contribution in [1.29, 1.82) is 0 Å². The van der Waals surface area contributed by atoms with E-state index in [1.807, 2.05) is 51.1 Å². The third-order valence-corrected chi connectivity index (χ3v) is 4.13. The van der Waals surface area contributed by atoms with E-state index in [-0.39, 0.29) is 11.6 Å². The monoisotopic (exact) mass is 385 g/mol. The second-order valence-corrected chi connectivity index (χ2v) is 7.68. The zero-order chi connectivity index (χ0) is 20.3. The molecule has 28 heavy (non-hydrogen) atoms. The molecular formula is C21H24FN3O3. The van der Waals surface area contributed by atoms with Crippen molar-refractivity contribution < 1.29 is 18.7 Å². The van der Waals surface area contributed by atoms with Crippen LogP contribution < -0.4 is 20.3 Å². The molecule has 1 heterocycles. The Bertz CT molecular complexity index is 865. The molecule has 0 bridgehead atoms. The third-order valence-electron chi connectivity index (χ3n) is 4.13. The highest BCUT2D eigenvalue weighted by Gasteiger charge is 2.34. The van der Waals surface area contributed by atoms with Gasteiger partial charge in [0.25, 0.3) is 5.91 Å². The highest BCUT2D eigenvalue weighted by molar-refractivity contribution is 6.01. The van der Waals surface area contributed by atoms with Crippen molar-refractivity contribution in [2.75, 3.05) is 16.9 Å². The highest BCUT2D eigenvalue weighted by atomic mass is 19.1. The standard InChI is InChI=1S/C21H24FN3O3/c1-21(2,3)24-20(27)23-15-9-10-16-17(11-15)28-18(12-22)19(26)25(16)13-14-7-5-4-6-8-14/h4-11,18H,12-13H2,1-3H3,(H2,23,24,27). The van der Waals surface area contributed by atoms with E-state index in [1.165, 1.54) is 4.90 Å². The van der Waals surface area contributed by atoms with E-state index in [4.69, 9.17) is 4.74 Å². The van der Waals surface area contributed by atoms with Crippen molar-refractivity contribution in [3.8, 4) is 5.75 Å². The molecule has 0 aliphatic carbocycles. The van der Waals surface area contributed by atoms with Crippen molar-refractivity contribution in [3.05, 3.63) is 54.1 Å². The summed E-state index contributed by atoms with van der Waals surface area (Å²) in [7, 11) is 0. The van der Waals surface area contributed by atoms with Gasteiger partial charge in [-0.2, -0.15) is 0 Å². The summed E-state index contributed by atoms with van der Waals surface area (Å²) < 4.78 is 18.9. The number of carbonyl (C=O) groups is 2. The van der Waals surface area contributed by atoms with Gasteiger partial charge in [-0.3, -0.25) is 4.79 Å². The second-order valence-electron chi connectivity index (χ2n) is 7.68. The van der Waals surface area contributed by atoms with E-state index >= 15 is 0 Å². The lowest BCUT2D eigenvalue weighted by Gasteiger charge is -2.33. The molecule has 3 rings (SSSR count). The summed E-state index contributed by atoms with van der Waals surface area (Å²) in [5, 5.41) is 5.53. The van der Waals surface area contributed by atoms with Gasteiger partial charge in [0, 0.05) is 17.3 Å². The van der Waals surface area contributed by atoms with Crippen LogP contribution in [0.2, 0.25) is 0 Å². The van der Waals surface area contributed by atoms with Gasteiger partial charge in [0.15, 0.2) is 0 Å². The maximum Gasteiger partial charge on any atom is 0.319 e. The molecule has 148 valence electrons. The number of hydrogen-bond donors (Lipinski definition) is 2. The van der Waals surface area contributed by atoms with Crippen molar-refractivity contribution in [3.63, 3.8) is 0 Å². The predicted molar refractivity (Wildman–Crippen MR) is 106 cm³/mol. The third kappa shape index (κ3) is 4.60. The van der Waals surface area contributed by atoms with Crippen LogP contribution in [0.25, 0.3) is 0 Å². The van der Waals surface area contributed by atoms with Gasteiger partial charge in [-0.05, 0) is 38.5 Å². The van der Waals surface area contributed by atoms with Crippen LogP contribution in [0.1, 0.15) is 26.3 Å². The molecule has 1 aliphatic rings. The molecule has 1 atom stereocenters. The van der Waals surface area contributed by atoms with Crippen LogP contribution >= 0.6 is 0 Å². The second kappa shape index (κ2) is 7.88. The molecule has 0 saturated carbocycles. The molecule has 1 unspecified atom stereocenters. The molecule has 0 radical (unpaired) electrons. The summed E-state index contributed by atoms with van der Waals surface area (Å²) in [6, 6.07) is 14.1. The van der Waals surface area contributed by atoms with Gasteiger partial charge >= 0.3 is 6.03 Å². The number of nitrogens with zero attached hydrogens (tertiary/aromatic N) is 1. The fourth-order valence-corrected chi connectivity index (χ4v) is 2.93. The number of benzene rings is 2. The van der Waals surface area contributed by atoms with Crippen LogP contribution in [0.4, 0.5) is 20.6 Å². The molecule has 2 N–H and O–H groups in total. The quantitative estimate of drug-likeness (QED) is 0.839. The van der Waals surface area contributed by atoms with E-state index in [9.17, 15) is 14.0 Å². The highest BCUT2D eigenvalue weighted by Crippen LogP contribution is 2.37. The van der Waals surface area contributed by atoms with E-state index < -0.39 is 18.7 Å². The number of urea groups is 1. The Labute approximate surface area is 163 Å². The van der Waals surface area contributed by atoms with Crippen molar-refractivity contribution in [2.24, 2.45) is 0 Å². The number of anilines is 2. The number of nitrogens with one attached hydrogen (secondary N) is 2. The molecule has 2 aromatic carbocycles. The number of amides is 3. The minimum absolute atomic E-state index is 0.309. The van der Waals surface area contributed by atoms with Crippen LogP contribution in [0.15, 0.2) is 48.5 Å². The molecule has 0 saturated heterocycles. The molecular weight excluding hydrogens is 361 g/mol. The Morgan fingerprint density at radius 3 is 2.54 bits per heavy atom. The van der Waals surface area contributed by atoms with Crippen molar-refractivity contribution in [2.45, 2.75) is 39.0 Å². The minimum Gasteiger partial charge on any atom is -0.476 e. The van der Waals surface area contributed by atoms with Crippen LogP contribution in [0.3, 0.4) is 0 Å². The maximum atomic E-state index is 13.4. The Balaban J connectivity index is 1.86. The summed E-state index contributed by atoms with van der Waals surface area (Å²) in [4.78, 5) is 26.2. The number of ether oxygens (including phenoxy) is 1. The first-order valence-corrected chi connectivity index (χ1v) is 9.08. The van der Waals surface area contributed by atoms with Gasteiger partial charge in [0.05, 0.1) is 12.2 Å². The molecule has 0 spiro atoms. The summed E-state index contributed by atoms with van der Waals surface area (Å²) in [6.07, 6.45) is -1.20. The number of hydrogen-bond acceptors (Lipinski definition) is 3. The summed E-state index contributed by atoms with van der Waals surface area (Å²) >= 11 is 0. The van der Waals surface area contributed by atoms with Crippen molar-refractivity contribution >= 4 is 23.3 Å².